The van der Waals surface area contributed by atoms with Crippen LogP contribution < -0.4 is 0 Å². The van der Waals surface area contributed by atoms with E-state index >= 15 is 0 Å². The normalized spacial score (nSPS) is 10.8. The number of rotatable bonds is 4. The lowest BCUT2D eigenvalue weighted by molar-refractivity contribution is 0.587. The van der Waals surface area contributed by atoms with E-state index in [1.807, 2.05) is 12.1 Å². The zero-order valence-electron chi connectivity index (χ0n) is 10.2. The van der Waals surface area contributed by atoms with Gasteiger partial charge in [0.2, 0.25) is 5.82 Å². The van der Waals surface area contributed by atoms with Crippen LogP contribution in [0.4, 0.5) is 0 Å². The summed E-state index contributed by atoms with van der Waals surface area (Å²) in [6, 6.07) is 8.28. The quantitative estimate of drug-likeness (QED) is 0.806. The molecule has 0 radical (unpaired) electrons. The van der Waals surface area contributed by atoms with Gasteiger partial charge in [0.25, 0.3) is 0 Å². The van der Waals surface area contributed by atoms with Crippen LogP contribution in [-0.4, -0.2) is 20.4 Å². The van der Waals surface area contributed by atoms with Gasteiger partial charge in [0, 0.05) is 5.56 Å². The molecule has 17 heavy (non-hydrogen) atoms. The summed E-state index contributed by atoms with van der Waals surface area (Å²) in [5.74, 6) is 1.31. The van der Waals surface area contributed by atoms with Crippen LogP contribution in [0.5, 0.6) is 0 Å². The summed E-state index contributed by atoms with van der Waals surface area (Å²) in [4.78, 5) is 0. The predicted octanol–water partition coefficient (Wildman–Crippen LogP) is 2.52. The second-order valence-corrected chi connectivity index (χ2v) is 4.50. The summed E-state index contributed by atoms with van der Waals surface area (Å²) in [6.07, 6.45) is 3.66. The van der Waals surface area contributed by atoms with Crippen molar-refractivity contribution >= 4 is 0 Å². The summed E-state index contributed by atoms with van der Waals surface area (Å²) >= 11 is 0. The molecule has 1 aromatic heterocycles. The van der Waals surface area contributed by atoms with Crippen LogP contribution in [0.25, 0.3) is 11.4 Å². The topological polar surface area (TPSA) is 51.6 Å². The second-order valence-electron chi connectivity index (χ2n) is 4.50. The highest BCUT2D eigenvalue weighted by molar-refractivity contribution is 5.53. The molecule has 0 amide bonds. The number of aryl methyl sites for hydroxylation is 1. The maximum absolute atomic E-state index is 3.93. The smallest absolute Gasteiger partial charge is 0.135 e. The van der Waals surface area contributed by atoms with E-state index in [2.05, 4.69) is 46.4 Å². The predicted molar refractivity (Wildman–Crippen MR) is 66.2 cm³/mol. The molecule has 4 heteroatoms. The maximum atomic E-state index is 3.93. The molecule has 0 aliphatic rings. The Kier molecular flexibility index (Phi) is 3.75. The van der Waals surface area contributed by atoms with Crippen molar-refractivity contribution in [2.24, 2.45) is 5.92 Å². The second kappa shape index (κ2) is 5.48. The molecule has 0 aliphatic heterocycles. The third-order valence-corrected chi connectivity index (χ3v) is 2.63. The monoisotopic (exact) mass is 228 g/mol. The van der Waals surface area contributed by atoms with Crippen LogP contribution in [-0.2, 0) is 6.42 Å². The molecule has 0 aliphatic carbocycles. The van der Waals surface area contributed by atoms with E-state index in [9.17, 15) is 0 Å². The molecule has 0 saturated heterocycles. The van der Waals surface area contributed by atoms with Crippen LogP contribution >= 0.6 is 0 Å². The van der Waals surface area contributed by atoms with Gasteiger partial charge in [-0.25, -0.2) is 0 Å². The first kappa shape index (κ1) is 11.6. The zero-order chi connectivity index (χ0) is 12.1. The van der Waals surface area contributed by atoms with E-state index in [0.717, 1.165) is 17.9 Å². The van der Waals surface area contributed by atoms with Gasteiger partial charge in [-0.15, -0.1) is 20.4 Å². The zero-order valence-corrected chi connectivity index (χ0v) is 10.2. The minimum Gasteiger partial charge on any atom is -0.135 e. The molecule has 0 fully saturated rings. The van der Waals surface area contributed by atoms with Crippen LogP contribution in [0.3, 0.4) is 0 Å². The number of hydrogen-bond donors (Lipinski definition) is 0. The fraction of sp³-hybridized carbons (Fsp3) is 0.385. The summed E-state index contributed by atoms with van der Waals surface area (Å²) in [5, 5.41) is 15.3. The Bertz CT molecular complexity index is 451. The molecule has 2 rings (SSSR count). The van der Waals surface area contributed by atoms with E-state index in [-0.39, 0.29) is 0 Å². The summed E-state index contributed by atoms with van der Waals surface area (Å²) < 4.78 is 0. The minimum absolute atomic E-state index is 0.572. The first-order valence-electron chi connectivity index (χ1n) is 5.85. The summed E-state index contributed by atoms with van der Waals surface area (Å²) in [6.45, 7) is 4.48. The van der Waals surface area contributed by atoms with Gasteiger partial charge in [0.15, 0.2) is 6.33 Å². The van der Waals surface area contributed by atoms with Gasteiger partial charge in [-0.2, -0.15) is 0 Å². The Morgan fingerprint density at radius 1 is 1.00 bits per heavy atom. The Balaban J connectivity index is 2.08. The van der Waals surface area contributed by atoms with Crippen LogP contribution in [0.15, 0.2) is 30.6 Å². The molecular formula is C13H16N4. The highest BCUT2D eigenvalue weighted by Crippen LogP contribution is 2.15. The van der Waals surface area contributed by atoms with Crippen molar-refractivity contribution in [3.63, 3.8) is 0 Å². The minimum atomic E-state index is 0.572. The molecule has 0 bridgehead atoms. The van der Waals surface area contributed by atoms with Crippen molar-refractivity contribution in [1.29, 1.82) is 0 Å². The Morgan fingerprint density at radius 3 is 2.24 bits per heavy atom. The molecule has 1 aromatic carbocycles. The lowest BCUT2D eigenvalue weighted by atomic mass is 10.0. The Morgan fingerprint density at radius 2 is 1.65 bits per heavy atom. The van der Waals surface area contributed by atoms with Crippen molar-refractivity contribution in [2.45, 2.75) is 26.7 Å². The average Bonchev–Trinajstić information content (AvgIpc) is 2.38. The van der Waals surface area contributed by atoms with Crippen molar-refractivity contribution in [2.75, 3.05) is 0 Å². The maximum Gasteiger partial charge on any atom is 0.203 e. The van der Waals surface area contributed by atoms with Crippen molar-refractivity contribution < 1.29 is 0 Å². The van der Waals surface area contributed by atoms with Gasteiger partial charge < -0.3 is 0 Å². The molecule has 0 spiro atoms. The van der Waals surface area contributed by atoms with Crippen LogP contribution in [0.2, 0.25) is 0 Å². The third-order valence-electron chi connectivity index (χ3n) is 2.63. The molecule has 1 heterocycles. The van der Waals surface area contributed by atoms with Crippen LogP contribution in [0, 0.1) is 5.92 Å². The molecule has 0 unspecified atom stereocenters. The molecule has 4 nitrogen and oxygen atoms in total. The number of aromatic nitrogens is 4. The Hall–Kier alpha value is -1.84. The average molecular weight is 228 g/mol. The van der Waals surface area contributed by atoms with E-state index in [1.54, 1.807) is 0 Å². The lowest BCUT2D eigenvalue weighted by Crippen LogP contribution is -1.95. The molecular weight excluding hydrogens is 212 g/mol. The molecule has 0 atom stereocenters. The standard InChI is InChI=1S/C13H16N4/c1-10(2)3-4-11-5-7-12(8-6-11)13-16-14-9-15-17-13/h5-10H,3-4H2,1-2H3. The van der Waals surface area contributed by atoms with Crippen molar-refractivity contribution in [3.05, 3.63) is 36.2 Å². The molecule has 88 valence electrons. The molecule has 0 N–H and O–H groups in total. The van der Waals surface area contributed by atoms with Gasteiger partial charge in [-0.05, 0) is 24.3 Å². The van der Waals surface area contributed by atoms with Gasteiger partial charge >= 0.3 is 0 Å². The lowest BCUT2D eigenvalue weighted by Gasteiger charge is -2.05. The molecule has 2 aromatic rings. The number of nitrogens with zero attached hydrogens (tertiary/aromatic N) is 4. The highest BCUT2D eigenvalue weighted by Gasteiger charge is 2.02. The first-order valence-corrected chi connectivity index (χ1v) is 5.85. The SMILES string of the molecule is CC(C)CCc1ccc(-c2nncnn2)cc1. The van der Waals surface area contributed by atoms with E-state index < -0.39 is 0 Å². The molecule has 0 saturated carbocycles. The highest BCUT2D eigenvalue weighted by atomic mass is 15.3. The van der Waals surface area contributed by atoms with Gasteiger partial charge in [-0.3, -0.25) is 0 Å². The number of benzene rings is 1. The van der Waals surface area contributed by atoms with E-state index in [0.29, 0.717) is 5.82 Å². The third kappa shape index (κ3) is 3.31. The van der Waals surface area contributed by atoms with Crippen molar-refractivity contribution in [3.8, 4) is 11.4 Å². The first-order chi connectivity index (χ1) is 8.25. The van der Waals surface area contributed by atoms with Gasteiger partial charge in [0.05, 0.1) is 0 Å². The number of hydrogen-bond acceptors (Lipinski definition) is 4. The van der Waals surface area contributed by atoms with E-state index in [4.69, 9.17) is 0 Å². The Labute approximate surface area is 101 Å². The van der Waals surface area contributed by atoms with Gasteiger partial charge in [0.1, 0.15) is 0 Å². The largest absolute Gasteiger partial charge is 0.203 e. The summed E-state index contributed by atoms with van der Waals surface area (Å²) in [5.41, 5.74) is 2.30. The van der Waals surface area contributed by atoms with Crippen molar-refractivity contribution in [1.82, 2.24) is 20.4 Å². The van der Waals surface area contributed by atoms with Crippen LogP contribution in [0.1, 0.15) is 25.8 Å². The van der Waals surface area contributed by atoms with E-state index in [1.165, 1.54) is 18.3 Å². The fourth-order valence-electron chi connectivity index (χ4n) is 1.60. The fourth-order valence-corrected chi connectivity index (χ4v) is 1.60. The summed E-state index contributed by atoms with van der Waals surface area (Å²) in [7, 11) is 0. The van der Waals surface area contributed by atoms with Gasteiger partial charge in [-0.1, -0.05) is 38.1 Å².